The van der Waals surface area contributed by atoms with Crippen LogP contribution >= 0.6 is 0 Å². The molecule has 18 heavy (non-hydrogen) atoms. The SMILES string of the molecule is Fc1cc(F)cc(Cc2noc(C3CNC3)n2)c1. The van der Waals surface area contributed by atoms with Crippen molar-refractivity contribution in [2.45, 2.75) is 12.3 Å². The molecule has 1 aromatic heterocycles. The van der Waals surface area contributed by atoms with Gasteiger partial charge in [0.05, 0.1) is 5.92 Å². The molecule has 1 fully saturated rings. The van der Waals surface area contributed by atoms with Gasteiger partial charge in [0.2, 0.25) is 5.89 Å². The highest BCUT2D eigenvalue weighted by molar-refractivity contribution is 5.21. The van der Waals surface area contributed by atoms with E-state index in [1.165, 1.54) is 12.1 Å². The third-order valence-corrected chi connectivity index (χ3v) is 2.90. The summed E-state index contributed by atoms with van der Waals surface area (Å²) in [4.78, 5) is 4.22. The lowest BCUT2D eigenvalue weighted by Crippen LogP contribution is -2.40. The van der Waals surface area contributed by atoms with E-state index in [1.807, 2.05) is 0 Å². The Bertz CT molecular complexity index is 546. The van der Waals surface area contributed by atoms with E-state index >= 15 is 0 Å². The lowest BCUT2D eigenvalue weighted by Gasteiger charge is -2.22. The van der Waals surface area contributed by atoms with E-state index in [2.05, 4.69) is 15.5 Å². The van der Waals surface area contributed by atoms with E-state index in [1.54, 1.807) is 0 Å². The van der Waals surface area contributed by atoms with Crippen molar-refractivity contribution in [3.63, 3.8) is 0 Å². The van der Waals surface area contributed by atoms with Crippen LogP contribution in [0.5, 0.6) is 0 Å². The molecule has 94 valence electrons. The highest BCUT2D eigenvalue weighted by atomic mass is 19.1. The molecule has 1 aliphatic heterocycles. The van der Waals surface area contributed by atoms with Crippen LogP contribution in [0, 0.1) is 11.6 Å². The molecule has 0 bridgehead atoms. The van der Waals surface area contributed by atoms with Gasteiger partial charge < -0.3 is 9.84 Å². The van der Waals surface area contributed by atoms with Gasteiger partial charge in [0.25, 0.3) is 0 Å². The molecule has 1 N–H and O–H groups in total. The number of hydrogen-bond acceptors (Lipinski definition) is 4. The average molecular weight is 251 g/mol. The molecule has 1 saturated heterocycles. The lowest BCUT2D eigenvalue weighted by molar-refractivity contribution is 0.306. The minimum Gasteiger partial charge on any atom is -0.339 e. The molecule has 1 aromatic carbocycles. The van der Waals surface area contributed by atoms with E-state index in [4.69, 9.17) is 4.52 Å². The minimum absolute atomic E-state index is 0.260. The topological polar surface area (TPSA) is 51.0 Å². The Morgan fingerprint density at radius 2 is 1.94 bits per heavy atom. The number of hydrogen-bond donors (Lipinski definition) is 1. The zero-order chi connectivity index (χ0) is 12.5. The zero-order valence-electron chi connectivity index (χ0n) is 9.49. The molecule has 0 spiro atoms. The molecule has 0 atom stereocenters. The molecule has 6 heteroatoms. The Morgan fingerprint density at radius 1 is 1.22 bits per heavy atom. The summed E-state index contributed by atoms with van der Waals surface area (Å²) in [5.41, 5.74) is 0.492. The molecule has 0 unspecified atom stereocenters. The fourth-order valence-electron chi connectivity index (χ4n) is 1.86. The van der Waals surface area contributed by atoms with Gasteiger partial charge in [-0.25, -0.2) is 8.78 Å². The molecule has 4 nitrogen and oxygen atoms in total. The van der Waals surface area contributed by atoms with Gasteiger partial charge in [0.1, 0.15) is 11.6 Å². The van der Waals surface area contributed by atoms with Gasteiger partial charge in [-0.1, -0.05) is 5.16 Å². The molecule has 2 aromatic rings. The van der Waals surface area contributed by atoms with Crippen LogP contribution in [-0.4, -0.2) is 23.2 Å². The number of nitrogens with one attached hydrogen (secondary N) is 1. The summed E-state index contributed by atoms with van der Waals surface area (Å²) in [6.45, 7) is 1.66. The van der Waals surface area contributed by atoms with Crippen molar-refractivity contribution in [1.82, 2.24) is 15.5 Å². The van der Waals surface area contributed by atoms with Gasteiger partial charge in [0.15, 0.2) is 5.82 Å². The predicted molar refractivity (Wildman–Crippen MR) is 59.1 cm³/mol. The molecular formula is C12H11F2N3O. The van der Waals surface area contributed by atoms with Crippen molar-refractivity contribution in [3.05, 3.63) is 47.1 Å². The average Bonchev–Trinajstić information content (AvgIpc) is 2.61. The van der Waals surface area contributed by atoms with Gasteiger partial charge in [-0.15, -0.1) is 0 Å². The summed E-state index contributed by atoms with van der Waals surface area (Å²) < 4.78 is 31.1. The molecule has 2 heterocycles. The van der Waals surface area contributed by atoms with Crippen LogP contribution in [0.25, 0.3) is 0 Å². The maximum absolute atomic E-state index is 13.0. The van der Waals surface area contributed by atoms with Gasteiger partial charge in [-0.05, 0) is 17.7 Å². The van der Waals surface area contributed by atoms with Crippen LogP contribution in [0.4, 0.5) is 8.78 Å². The summed E-state index contributed by atoms with van der Waals surface area (Å²) in [5, 5.41) is 6.92. The molecular weight excluding hydrogens is 240 g/mol. The van der Waals surface area contributed by atoms with E-state index in [0.717, 1.165) is 19.2 Å². The summed E-state index contributed by atoms with van der Waals surface area (Å²) in [6.07, 6.45) is 0.262. The van der Waals surface area contributed by atoms with Crippen molar-refractivity contribution in [2.24, 2.45) is 0 Å². The van der Waals surface area contributed by atoms with Gasteiger partial charge >= 0.3 is 0 Å². The van der Waals surface area contributed by atoms with Gasteiger partial charge in [-0.3, -0.25) is 0 Å². The van der Waals surface area contributed by atoms with Crippen LogP contribution in [-0.2, 0) is 6.42 Å². The minimum atomic E-state index is -0.600. The highest BCUT2D eigenvalue weighted by Crippen LogP contribution is 2.18. The van der Waals surface area contributed by atoms with Gasteiger partial charge in [-0.2, -0.15) is 4.98 Å². The fourth-order valence-corrected chi connectivity index (χ4v) is 1.86. The second-order valence-corrected chi connectivity index (χ2v) is 4.36. The normalized spacial score (nSPS) is 15.7. The third kappa shape index (κ3) is 2.24. The Hall–Kier alpha value is -1.82. The Morgan fingerprint density at radius 3 is 2.56 bits per heavy atom. The molecule has 1 aliphatic rings. The first-order valence-electron chi connectivity index (χ1n) is 5.69. The van der Waals surface area contributed by atoms with Crippen molar-refractivity contribution in [2.75, 3.05) is 13.1 Å². The van der Waals surface area contributed by atoms with Crippen molar-refractivity contribution in [1.29, 1.82) is 0 Å². The fraction of sp³-hybridized carbons (Fsp3) is 0.333. The van der Waals surface area contributed by atoms with E-state index < -0.39 is 11.6 Å². The monoisotopic (exact) mass is 251 g/mol. The van der Waals surface area contributed by atoms with Gasteiger partial charge in [0, 0.05) is 25.6 Å². The molecule has 3 rings (SSSR count). The molecule has 0 aliphatic carbocycles. The Labute approximate surface area is 102 Å². The van der Waals surface area contributed by atoms with Crippen molar-refractivity contribution in [3.8, 4) is 0 Å². The van der Waals surface area contributed by atoms with Crippen LogP contribution in [0.1, 0.15) is 23.2 Å². The quantitative estimate of drug-likeness (QED) is 0.900. The first-order chi connectivity index (χ1) is 8.70. The summed E-state index contributed by atoms with van der Waals surface area (Å²) in [6, 6.07) is 3.37. The Balaban J connectivity index is 1.77. The number of nitrogens with zero attached hydrogens (tertiary/aromatic N) is 2. The molecule has 0 amide bonds. The second kappa shape index (κ2) is 4.45. The van der Waals surface area contributed by atoms with E-state index in [9.17, 15) is 8.78 Å². The molecule has 0 radical (unpaired) electrons. The largest absolute Gasteiger partial charge is 0.339 e. The lowest BCUT2D eigenvalue weighted by atomic mass is 10.0. The first kappa shape index (κ1) is 11.3. The number of aromatic nitrogens is 2. The van der Waals surface area contributed by atoms with Crippen LogP contribution < -0.4 is 5.32 Å². The standard InChI is InChI=1S/C12H11F2N3O/c13-9-1-7(2-10(14)4-9)3-11-16-12(18-17-11)8-5-15-6-8/h1-2,4,8,15H,3,5-6H2. The maximum Gasteiger partial charge on any atom is 0.232 e. The van der Waals surface area contributed by atoms with E-state index in [-0.39, 0.29) is 12.3 Å². The van der Waals surface area contributed by atoms with E-state index in [0.29, 0.717) is 17.3 Å². The van der Waals surface area contributed by atoms with Crippen molar-refractivity contribution >= 4 is 0 Å². The third-order valence-electron chi connectivity index (χ3n) is 2.90. The number of rotatable bonds is 3. The number of benzene rings is 1. The van der Waals surface area contributed by atoms with Crippen molar-refractivity contribution < 1.29 is 13.3 Å². The summed E-state index contributed by atoms with van der Waals surface area (Å²) >= 11 is 0. The smallest absolute Gasteiger partial charge is 0.232 e. The van der Waals surface area contributed by atoms with Crippen LogP contribution in [0.2, 0.25) is 0 Å². The first-order valence-corrected chi connectivity index (χ1v) is 5.69. The molecule has 0 saturated carbocycles. The highest BCUT2D eigenvalue weighted by Gasteiger charge is 2.24. The predicted octanol–water partition coefficient (Wildman–Crippen LogP) is 1.63. The van der Waals surface area contributed by atoms with Crippen LogP contribution in [0.15, 0.2) is 22.7 Å². The zero-order valence-corrected chi connectivity index (χ0v) is 9.49. The Kier molecular flexibility index (Phi) is 2.79. The summed E-state index contributed by atoms with van der Waals surface area (Å²) in [7, 11) is 0. The second-order valence-electron chi connectivity index (χ2n) is 4.36. The maximum atomic E-state index is 13.0. The summed E-state index contributed by atoms with van der Waals surface area (Å²) in [5.74, 6) is 0.0897. The van der Waals surface area contributed by atoms with Crippen LogP contribution in [0.3, 0.4) is 0 Å². The number of halogens is 2.